The molecule has 0 aliphatic rings. The Bertz CT molecular complexity index is 1130. The minimum Gasteiger partial charge on any atom is -0.496 e. The van der Waals surface area contributed by atoms with Crippen molar-refractivity contribution in [2.45, 2.75) is 26.2 Å². The molecule has 0 spiro atoms. The molecule has 0 N–H and O–H groups in total. The molecule has 0 radical (unpaired) electrons. The lowest BCUT2D eigenvalue weighted by molar-refractivity contribution is 0.414. The molecule has 0 amide bonds. The molecule has 0 saturated carbocycles. The van der Waals surface area contributed by atoms with Crippen molar-refractivity contribution in [2.75, 3.05) is 7.11 Å². The van der Waals surface area contributed by atoms with Crippen molar-refractivity contribution in [3.8, 4) is 17.1 Å². The summed E-state index contributed by atoms with van der Waals surface area (Å²) < 4.78 is 7.20. The molecule has 2 heterocycles. The highest BCUT2D eigenvalue weighted by Crippen LogP contribution is 2.27. The Labute approximate surface area is 168 Å². The van der Waals surface area contributed by atoms with Crippen LogP contribution in [0.3, 0.4) is 0 Å². The summed E-state index contributed by atoms with van der Waals surface area (Å²) in [6.45, 7) is 6.62. The van der Waals surface area contributed by atoms with E-state index in [1.807, 2.05) is 36.4 Å². The standard InChI is InChI=1S/C22H22N4OS/c1-22(2,3)17-12-9-16(10-13-17)20-23-24-21-26(20)25-19(28-21)14-11-15-7-5-6-8-18(15)27-4/h5-14H,1-4H3/b14-11+. The van der Waals surface area contributed by atoms with Crippen LogP contribution in [0.2, 0.25) is 0 Å². The van der Waals surface area contributed by atoms with Gasteiger partial charge in [0.2, 0.25) is 4.96 Å². The van der Waals surface area contributed by atoms with Crippen LogP contribution in [-0.4, -0.2) is 26.9 Å². The molecule has 2 aromatic heterocycles. The van der Waals surface area contributed by atoms with E-state index in [1.165, 1.54) is 16.9 Å². The summed E-state index contributed by atoms with van der Waals surface area (Å²) in [4.78, 5) is 0.773. The van der Waals surface area contributed by atoms with Gasteiger partial charge in [-0.3, -0.25) is 0 Å². The van der Waals surface area contributed by atoms with Crippen molar-refractivity contribution < 1.29 is 4.74 Å². The third-order valence-corrected chi connectivity index (χ3v) is 5.42. The highest BCUT2D eigenvalue weighted by atomic mass is 32.1. The third-order valence-electron chi connectivity index (χ3n) is 4.56. The molecule has 28 heavy (non-hydrogen) atoms. The lowest BCUT2D eigenvalue weighted by Crippen LogP contribution is -2.10. The molecule has 0 fully saturated rings. The summed E-state index contributed by atoms with van der Waals surface area (Å²) in [6.07, 6.45) is 3.98. The SMILES string of the molecule is COc1ccccc1/C=C/c1nn2c(-c3ccc(C(C)(C)C)cc3)nnc2s1. The van der Waals surface area contributed by atoms with E-state index in [9.17, 15) is 0 Å². The van der Waals surface area contributed by atoms with Gasteiger partial charge in [0.1, 0.15) is 10.8 Å². The van der Waals surface area contributed by atoms with Gasteiger partial charge in [-0.05, 0) is 29.2 Å². The average molecular weight is 391 g/mol. The van der Waals surface area contributed by atoms with Gasteiger partial charge in [0.15, 0.2) is 5.82 Å². The van der Waals surface area contributed by atoms with Crippen LogP contribution in [0.15, 0.2) is 48.5 Å². The van der Waals surface area contributed by atoms with E-state index in [0.29, 0.717) is 0 Å². The summed E-state index contributed by atoms with van der Waals surface area (Å²) >= 11 is 1.50. The normalized spacial score (nSPS) is 12.1. The minimum absolute atomic E-state index is 0.121. The largest absolute Gasteiger partial charge is 0.496 e. The van der Waals surface area contributed by atoms with Gasteiger partial charge in [-0.25, -0.2) is 0 Å². The number of para-hydroxylation sites is 1. The van der Waals surface area contributed by atoms with E-state index >= 15 is 0 Å². The predicted octanol–water partition coefficient (Wildman–Crippen LogP) is 5.33. The quantitative estimate of drug-likeness (QED) is 0.473. The molecule has 0 saturated heterocycles. The van der Waals surface area contributed by atoms with Gasteiger partial charge < -0.3 is 4.74 Å². The van der Waals surface area contributed by atoms with Crippen LogP contribution in [0.5, 0.6) is 5.75 Å². The Morgan fingerprint density at radius 3 is 2.43 bits per heavy atom. The molecule has 0 unspecified atom stereocenters. The number of ether oxygens (including phenoxy) is 1. The highest BCUT2D eigenvalue weighted by molar-refractivity contribution is 7.17. The number of fused-ring (bicyclic) bond motifs is 1. The topological polar surface area (TPSA) is 52.3 Å². The first-order valence-electron chi connectivity index (χ1n) is 9.10. The molecule has 6 heteroatoms. The third kappa shape index (κ3) is 3.55. The number of rotatable bonds is 4. The van der Waals surface area contributed by atoms with Gasteiger partial charge in [-0.1, -0.05) is 74.6 Å². The lowest BCUT2D eigenvalue weighted by Gasteiger charge is -2.18. The molecule has 0 aliphatic heterocycles. The van der Waals surface area contributed by atoms with E-state index in [0.717, 1.165) is 32.7 Å². The van der Waals surface area contributed by atoms with Crippen molar-refractivity contribution >= 4 is 28.4 Å². The maximum absolute atomic E-state index is 5.39. The van der Waals surface area contributed by atoms with Crippen LogP contribution in [0.25, 0.3) is 28.5 Å². The van der Waals surface area contributed by atoms with Gasteiger partial charge in [-0.2, -0.15) is 9.61 Å². The number of hydrogen-bond acceptors (Lipinski definition) is 5. The van der Waals surface area contributed by atoms with Crippen LogP contribution >= 0.6 is 11.3 Å². The number of aromatic nitrogens is 4. The second-order valence-electron chi connectivity index (χ2n) is 7.56. The molecule has 0 aliphatic carbocycles. The van der Waals surface area contributed by atoms with Gasteiger partial charge >= 0.3 is 0 Å². The molecule has 5 nitrogen and oxygen atoms in total. The maximum atomic E-state index is 5.39. The second kappa shape index (κ2) is 7.20. The Balaban J connectivity index is 1.65. The fraction of sp³-hybridized carbons (Fsp3) is 0.227. The molecule has 4 aromatic rings. The zero-order chi connectivity index (χ0) is 19.7. The minimum atomic E-state index is 0.121. The highest BCUT2D eigenvalue weighted by Gasteiger charge is 2.16. The van der Waals surface area contributed by atoms with Gasteiger partial charge in [0.25, 0.3) is 0 Å². The molecule has 0 bridgehead atoms. The second-order valence-corrected chi connectivity index (χ2v) is 8.55. The number of nitrogens with zero attached hydrogens (tertiary/aromatic N) is 4. The van der Waals surface area contributed by atoms with E-state index in [2.05, 4.69) is 60.3 Å². The first kappa shape index (κ1) is 18.4. The van der Waals surface area contributed by atoms with Crippen LogP contribution in [0.1, 0.15) is 36.9 Å². The average Bonchev–Trinajstić information content (AvgIpc) is 3.26. The summed E-state index contributed by atoms with van der Waals surface area (Å²) in [5.74, 6) is 1.59. The Hall–Kier alpha value is -2.99. The van der Waals surface area contributed by atoms with Crippen molar-refractivity contribution in [2.24, 2.45) is 0 Å². The van der Waals surface area contributed by atoms with Crippen LogP contribution in [-0.2, 0) is 5.41 Å². The lowest BCUT2D eigenvalue weighted by atomic mass is 9.87. The fourth-order valence-electron chi connectivity index (χ4n) is 2.96. The molecule has 0 atom stereocenters. The molecular weight excluding hydrogens is 368 g/mol. The first-order chi connectivity index (χ1) is 13.5. The summed E-state index contributed by atoms with van der Waals surface area (Å²) in [5, 5.41) is 14.1. The van der Waals surface area contributed by atoms with Gasteiger partial charge in [-0.15, -0.1) is 10.2 Å². The summed E-state index contributed by atoms with van der Waals surface area (Å²) in [7, 11) is 1.67. The zero-order valence-electron chi connectivity index (χ0n) is 16.4. The predicted molar refractivity (Wildman–Crippen MR) is 115 cm³/mol. The van der Waals surface area contributed by atoms with Crippen LogP contribution in [0.4, 0.5) is 0 Å². The monoisotopic (exact) mass is 390 g/mol. The molecular formula is C22H22N4OS. The van der Waals surface area contributed by atoms with Crippen LogP contribution < -0.4 is 4.74 Å². The van der Waals surface area contributed by atoms with Crippen molar-refractivity contribution in [1.29, 1.82) is 0 Å². The van der Waals surface area contributed by atoms with E-state index in [-0.39, 0.29) is 5.41 Å². The Morgan fingerprint density at radius 1 is 0.964 bits per heavy atom. The molecule has 142 valence electrons. The molecule has 4 rings (SSSR count). The Kier molecular flexibility index (Phi) is 4.73. The zero-order valence-corrected chi connectivity index (χ0v) is 17.2. The van der Waals surface area contributed by atoms with E-state index in [4.69, 9.17) is 4.74 Å². The number of methoxy groups -OCH3 is 1. The number of benzene rings is 2. The van der Waals surface area contributed by atoms with Crippen molar-refractivity contribution in [1.82, 2.24) is 19.8 Å². The fourth-order valence-corrected chi connectivity index (χ4v) is 3.70. The number of hydrogen-bond donors (Lipinski definition) is 0. The smallest absolute Gasteiger partial charge is 0.235 e. The maximum Gasteiger partial charge on any atom is 0.235 e. The van der Waals surface area contributed by atoms with E-state index < -0.39 is 0 Å². The summed E-state index contributed by atoms with van der Waals surface area (Å²) in [5.41, 5.74) is 3.42. The molecule has 2 aromatic carbocycles. The first-order valence-corrected chi connectivity index (χ1v) is 9.91. The van der Waals surface area contributed by atoms with Gasteiger partial charge in [0.05, 0.1) is 7.11 Å². The van der Waals surface area contributed by atoms with Crippen molar-refractivity contribution in [3.63, 3.8) is 0 Å². The van der Waals surface area contributed by atoms with Crippen LogP contribution in [0, 0.1) is 0 Å². The summed E-state index contributed by atoms with van der Waals surface area (Å²) in [6, 6.07) is 16.4. The Morgan fingerprint density at radius 2 is 1.71 bits per heavy atom. The van der Waals surface area contributed by atoms with E-state index in [1.54, 1.807) is 11.6 Å². The van der Waals surface area contributed by atoms with Crippen molar-refractivity contribution in [3.05, 3.63) is 64.7 Å². The van der Waals surface area contributed by atoms with Gasteiger partial charge in [0, 0.05) is 11.1 Å².